The van der Waals surface area contributed by atoms with Crippen LogP contribution in [0.15, 0.2) is 3.79 Å². The third-order valence-electron chi connectivity index (χ3n) is 3.23. The zero-order valence-electron chi connectivity index (χ0n) is 13.2. The molecule has 0 radical (unpaired) electrons. The maximum atomic E-state index is 12.3. The maximum Gasteiger partial charge on any atom is 0.341 e. The summed E-state index contributed by atoms with van der Waals surface area (Å²) in [6, 6.07) is 0. The van der Waals surface area contributed by atoms with Gasteiger partial charge < -0.3 is 21.1 Å². The Morgan fingerprint density at radius 1 is 1.52 bits per heavy atom. The SMILES string of the molecule is CCOC(=O)c1c(NC(=O)CC2SCC(=N)NC2=O)sc(Br)c1C[NH-]. The van der Waals surface area contributed by atoms with Crippen LogP contribution in [0.4, 0.5) is 5.00 Å². The largest absolute Gasteiger partial charge is 0.674 e. The number of nitrogens with one attached hydrogen (secondary N) is 4. The molecule has 1 aromatic heterocycles. The van der Waals surface area contributed by atoms with Crippen LogP contribution in [0.2, 0.25) is 0 Å². The number of thioether (sulfide) groups is 1. The van der Waals surface area contributed by atoms with Gasteiger partial charge in [0.2, 0.25) is 11.8 Å². The van der Waals surface area contributed by atoms with Crippen molar-refractivity contribution in [1.29, 1.82) is 5.41 Å². The fraction of sp³-hybridized carbons (Fsp3) is 0.429. The Balaban J connectivity index is 2.13. The Morgan fingerprint density at radius 2 is 2.24 bits per heavy atom. The van der Waals surface area contributed by atoms with Crippen LogP contribution in [0.1, 0.15) is 29.3 Å². The number of rotatable bonds is 6. The lowest BCUT2D eigenvalue weighted by atomic mass is 10.2. The molecule has 2 heterocycles. The lowest BCUT2D eigenvalue weighted by molar-refractivity contribution is -0.122. The highest BCUT2D eigenvalue weighted by molar-refractivity contribution is 9.11. The number of hydrogen-bond acceptors (Lipinski definition) is 7. The van der Waals surface area contributed by atoms with E-state index >= 15 is 0 Å². The summed E-state index contributed by atoms with van der Waals surface area (Å²) >= 11 is 5.66. The average molecular weight is 448 g/mol. The Labute approximate surface area is 160 Å². The van der Waals surface area contributed by atoms with Crippen molar-refractivity contribution in [1.82, 2.24) is 5.32 Å². The predicted molar refractivity (Wildman–Crippen MR) is 101 cm³/mol. The third kappa shape index (κ3) is 4.81. The number of carbonyl (C=O) groups excluding carboxylic acids is 3. The summed E-state index contributed by atoms with van der Waals surface area (Å²) in [7, 11) is 0. The van der Waals surface area contributed by atoms with Gasteiger partial charge in [0.15, 0.2) is 0 Å². The molecule has 0 aliphatic carbocycles. The number of thiophene rings is 1. The number of carbonyl (C=O) groups is 3. The predicted octanol–water partition coefficient (Wildman–Crippen LogP) is 2.78. The molecule has 1 aliphatic heterocycles. The van der Waals surface area contributed by atoms with Crippen molar-refractivity contribution in [2.45, 2.75) is 25.1 Å². The molecule has 4 N–H and O–H groups in total. The van der Waals surface area contributed by atoms with E-state index in [0.29, 0.717) is 20.1 Å². The standard InChI is InChI=1S/C14H16BrN4O4S2/c1-2-23-14(22)10-6(4-16)11(15)25-13(10)19-9(20)3-7-12(21)18-8(17)5-24-7/h7,16H,2-5H2,1H3,(H,19,20)(H2,17,18,21)/q-1. The lowest BCUT2D eigenvalue weighted by Crippen LogP contribution is -2.44. The van der Waals surface area contributed by atoms with E-state index in [1.54, 1.807) is 6.92 Å². The first kappa shape index (κ1) is 19.9. The summed E-state index contributed by atoms with van der Waals surface area (Å²) in [6.45, 7) is 1.72. The summed E-state index contributed by atoms with van der Waals surface area (Å²) in [6.07, 6.45) is -0.0717. The molecular weight excluding hydrogens is 432 g/mol. The second-order valence-corrected chi connectivity index (χ2v) is 8.51. The van der Waals surface area contributed by atoms with Gasteiger partial charge in [0, 0.05) is 6.42 Å². The molecule has 0 spiro atoms. The van der Waals surface area contributed by atoms with Gasteiger partial charge in [-0.3, -0.25) is 15.0 Å². The molecule has 1 atom stereocenters. The van der Waals surface area contributed by atoms with Gasteiger partial charge in [-0.05, 0) is 28.4 Å². The fourth-order valence-electron chi connectivity index (χ4n) is 2.13. The summed E-state index contributed by atoms with van der Waals surface area (Å²) in [5, 5.41) is 12.2. The highest BCUT2D eigenvalue weighted by Gasteiger charge is 2.29. The molecule has 0 saturated carbocycles. The van der Waals surface area contributed by atoms with Gasteiger partial charge in [0.25, 0.3) is 0 Å². The fourth-order valence-corrected chi connectivity index (χ4v) is 4.82. The number of anilines is 1. The van der Waals surface area contributed by atoms with Gasteiger partial charge in [-0.25, -0.2) is 4.79 Å². The zero-order valence-corrected chi connectivity index (χ0v) is 16.5. The van der Waals surface area contributed by atoms with E-state index in [-0.39, 0.29) is 36.9 Å². The highest BCUT2D eigenvalue weighted by atomic mass is 79.9. The molecule has 11 heteroatoms. The van der Waals surface area contributed by atoms with E-state index < -0.39 is 17.1 Å². The third-order valence-corrected chi connectivity index (χ3v) is 6.37. The molecule has 1 aliphatic rings. The maximum absolute atomic E-state index is 12.3. The monoisotopic (exact) mass is 447 g/mol. The van der Waals surface area contributed by atoms with Crippen LogP contribution in [0, 0.1) is 5.41 Å². The molecule has 2 amide bonds. The van der Waals surface area contributed by atoms with E-state index in [1.165, 1.54) is 11.8 Å². The molecular formula is C14H16BrN4O4S2-. The van der Waals surface area contributed by atoms with Crippen LogP contribution in [-0.4, -0.2) is 41.2 Å². The highest BCUT2D eigenvalue weighted by Crippen LogP contribution is 2.38. The first-order valence-corrected chi connectivity index (χ1v) is 9.95. The van der Waals surface area contributed by atoms with Crippen molar-refractivity contribution >= 4 is 67.6 Å². The van der Waals surface area contributed by atoms with Crippen molar-refractivity contribution < 1.29 is 19.1 Å². The molecule has 1 saturated heterocycles. The molecule has 136 valence electrons. The summed E-state index contributed by atoms with van der Waals surface area (Å²) in [5.41, 5.74) is 8.20. The number of halogens is 1. The Morgan fingerprint density at radius 3 is 2.84 bits per heavy atom. The Hall–Kier alpha value is -1.43. The minimum Gasteiger partial charge on any atom is -0.674 e. The van der Waals surface area contributed by atoms with E-state index in [0.717, 1.165) is 11.3 Å². The first-order chi connectivity index (χ1) is 11.9. The number of hydrogen-bond donors (Lipinski definition) is 3. The van der Waals surface area contributed by atoms with E-state index in [2.05, 4.69) is 26.6 Å². The number of ether oxygens (including phenoxy) is 1. The quantitative estimate of drug-likeness (QED) is 0.576. The average Bonchev–Trinajstić information content (AvgIpc) is 2.85. The van der Waals surface area contributed by atoms with Crippen molar-refractivity contribution in [3.8, 4) is 0 Å². The van der Waals surface area contributed by atoms with Crippen LogP contribution in [0.5, 0.6) is 0 Å². The Bertz CT molecular complexity index is 722. The van der Waals surface area contributed by atoms with Crippen LogP contribution in [-0.2, 0) is 20.9 Å². The second kappa shape index (κ2) is 8.79. The van der Waals surface area contributed by atoms with E-state index in [4.69, 9.17) is 15.9 Å². The van der Waals surface area contributed by atoms with Crippen molar-refractivity contribution in [3.05, 3.63) is 20.6 Å². The summed E-state index contributed by atoms with van der Waals surface area (Å²) in [4.78, 5) is 36.2. The first-order valence-electron chi connectivity index (χ1n) is 7.30. The van der Waals surface area contributed by atoms with Gasteiger partial charge in [0.1, 0.15) is 10.8 Å². The van der Waals surface area contributed by atoms with E-state index in [1.807, 2.05) is 0 Å². The van der Waals surface area contributed by atoms with Crippen molar-refractivity contribution in [2.24, 2.45) is 0 Å². The van der Waals surface area contributed by atoms with E-state index in [9.17, 15) is 14.4 Å². The lowest BCUT2D eigenvalue weighted by Gasteiger charge is -2.21. The van der Waals surface area contributed by atoms with Gasteiger partial charge in [-0.2, -0.15) is 0 Å². The molecule has 25 heavy (non-hydrogen) atoms. The van der Waals surface area contributed by atoms with Crippen LogP contribution in [0.3, 0.4) is 0 Å². The molecule has 1 fully saturated rings. The number of amidine groups is 1. The molecule has 2 rings (SSSR count). The molecule has 1 aromatic rings. The van der Waals surface area contributed by atoms with Crippen LogP contribution in [0.25, 0.3) is 5.73 Å². The van der Waals surface area contributed by atoms with Crippen LogP contribution < -0.4 is 10.6 Å². The number of esters is 1. The Kier molecular flexibility index (Phi) is 6.99. The smallest absolute Gasteiger partial charge is 0.341 e. The van der Waals surface area contributed by atoms with Crippen molar-refractivity contribution in [3.63, 3.8) is 0 Å². The zero-order chi connectivity index (χ0) is 18.6. The molecule has 0 aromatic carbocycles. The topological polar surface area (TPSA) is 132 Å². The van der Waals surface area contributed by atoms with Crippen LogP contribution >= 0.6 is 39.0 Å². The van der Waals surface area contributed by atoms with Gasteiger partial charge in [0.05, 0.1) is 27.0 Å². The second-order valence-electron chi connectivity index (χ2n) is 4.98. The minimum atomic E-state index is -0.597. The summed E-state index contributed by atoms with van der Waals surface area (Å²) < 4.78 is 5.59. The molecule has 1 unspecified atom stereocenters. The normalized spacial score (nSPS) is 17.2. The molecule has 8 nitrogen and oxygen atoms in total. The van der Waals surface area contributed by atoms with Crippen molar-refractivity contribution in [2.75, 3.05) is 17.7 Å². The van der Waals surface area contributed by atoms with Gasteiger partial charge in [-0.1, -0.05) is 0 Å². The number of amides is 2. The summed E-state index contributed by atoms with van der Waals surface area (Å²) in [5.74, 6) is -0.928. The molecule has 0 bridgehead atoms. The van der Waals surface area contributed by atoms with Gasteiger partial charge in [-0.15, -0.1) is 29.6 Å². The van der Waals surface area contributed by atoms with Gasteiger partial charge >= 0.3 is 5.97 Å². The minimum absolute atomic E-state index is 0.0717.